The summed E-state index contributed by atoms with van der Waals surface area (Å²) in [7, 11) is 0. The quantitative estimate of drug-likeness (QED) is 0.342. The second kappa shape index (κ2) is 8.93. The second-order valence-electron chi connectivity index (χ2n) is 6.18. The molecule has 1 fully saturated rings. The molecule has 2 heterocycles. The van der Waals surface area contributed by atoms with Crippen molar-refractivity contribution >= 4 is 17.8 Å². The van der Waals surface area contributed by atoms with Gasteiger partial charge < -0.3 is 9.47 Å². The molecule has 1 saturated heterocycles. The zero-order valence-corrected chi connectivity index (χ0v) is 15.1. The fourth-order valence-electron chi connectivity index (χ4n) is 2.85. The molecule has 5 nitrogen and oxygen atoms in total. The molecule has 2 aliphatic heterocycles. The second-order valence-corrected chi connectivity index (χ2v) is 6.18. The lowest BCUT2D eigenvalue weighted by Gasteiger charge is -2.11. The molecule has 2 aliphatic rings. The Morgan fingerprint density at radius 2 is 2.26 bits per heavy atom. The zero-order chi connectivity index (χ0) is 19.1. The minimum atomic E-state index is -0.0267. The lowest BCUT2D eigenvalue weighted by molar-refractivity contribution is 0.135. The standard InChI is InChI=1S/C22H21N3O2/c1-3-22(27-20-9-11-26-15-20)25-14-19(13-23)16(2)17-8-10-24-21-7-5-4-6-18(21)12-17/h3-8,10,14,20H,1-2,9,11-12,15H2/b19-14-,25-22?. The third-order valence-electron chi connectivity index (χ3n) is 4.37. The average molecular weight is 359 g/mol. The van der Waals surface area contributed by atoms with Gasteiger partial charge in [0.2, 0.25) is 5.90 Å². The van der Waals surface area contributed by atoms with Crippen LogP contribution in [0.25, 0.3) is 0 Å². The molecule has 1 atom stereocenters. The maximum absolute atomic E-state index is 9.57. The number of rotatable bonds is 5. The maximum Gasteiger partial charge on any atom is 0.212 e. The first kappa shape index (κ1) is 18.6. The van der Waals surface area contributed by atoms with E-state index in [1.54, 1.807) is 6.21 Å². The van der Waals surface area contributed by atoms with Gasteiger partial charge in [0.25, 0.3) is 0 Å². The molecule has 0 bridgehead atoms. The monoisotopic (exact) mass is 359 g/mol. The SMILES string of the molecule is C=CC(=N/C=C(/C#N)C(=C)C1=CC=Nc2ccccc2C1)OC1CCOC1. The maximum atomic E-state index is 9.57. The molecular weight excluding hydrogens is 338 g/mol. The van der Waals surface area contributed by atoms with Gasteiger partial charge in [-0.15, -0.1) is 0 Å². The van der Waals surface area contributed by atoms with Gasteiger partial charge in [-0.05, 0) is 34.9 Å². The van der Waals surface area contributed by atoms with Gasteiger partial charge in [-0.3, -0.25) is 4.99 Å². The first-order valence-corrected chi connectivity index (χ1v) is 8.77. The van der Waals surface area contributed by atoms with Gasteiger partial charge in [0.05, 0.1) is 24.5 Å². The Balaban J connectivity index is 1.77. The van der Waals surface area contributed by atoms with Crippen LogP contribution in [0.1, 0.15) is 12.0 Å². The summed E-state index contributed by atoms with van der Waals surface area (Å²) in [6.07, 6.45) is 8.08. The van der Waals surface area contributed by atoms with Crippen LogP contribution in [-0.4, -0.2) is 31.4 Å². The number of allylic oxidation sites excluding steroid dienone is 4. The summed E-state index contributed by atoms with van der Waals surface area (Å²) in [6, 6.07) is 10.1. The van der Waals surface area contributed by atoms with Crippen LogP contribution in [0.2, 0.25) is 0 Å². The van der Waals surface area contributed by atoms with E-state index in [4.69, 9.17) is 9.47 Å². The number of hydrogen-bond donors (Lipinski definition) is 0. The zero-order valence-electron chi connectivity index (χ0n) is 15.1. The molecule has 3 rings (SSSR count). The third kappa shape index (κ3) is 4.69. The van der Waals surface area contributed by atoms with Crippen molar-refractivity contribution in [2.75, 3.05) is 13.2 Å². The van der Waals surface area contributed by atoms with Crippen molar-refractivity contribution in [2.45, 2.75) is 18.9 Å². The van der Waals surface area contributed by atoms with Crippen LogP contribution in [0.15, 0.2) is 82.5 Å². The van der Waals surface area contributed by atoms with Crippen LogP contribution in [0, 0.1) is 11.3 Å². The normalized spacial score (nSPS) is 19.5. The van der Waals surface area contributed by atoms with E-state index in [-0.39, 0.29) is 6.10 Å². The van der Waals surface area contributed by atoms with Gasteiger partial charge in [0, 0.05) is 25.3 Å². The fourth-order valence-corrected chi connectivity index (χ4v) is 2.85. The van der Waals surface area contributed by atoms with Gasteiger partial charge in [-0.2, -0.15) is 5.26 Å². The van der Waals surface area contributed by atoms with E-state index in [0.29, 0.717) is 36.7 Å². The van der Waals surface area contributed by atoms with Crippen LogP contribution in [-0.2, 0) is 15.9 Å². The average Bonchev–Trinajstić information content (AvgIpc) is 3.11. The summed E-state index contributed by atoms with van der Waals surface area (Å²) < 4.78 is 11.0. The van der Waals surface area contributed by atoms with Gasteiger partial charge in [-0.1, -0.05) is 31.4 Å². The summed E-state index contributed by atoms with van der Waals surface area (Å²) >= 11 is 0. The Morgan fingerprint density at radius 3 is 3.00 bits per heavy atom. The Labute approximate surface area is 159 Å². The minimum Gasteiger partial charge on any atom is -0.472 e. The Morgan fingerprint density at radius 1 is 1.41 bits per heavy atom. The van der Waals surface area contributed by atoms with E-state index in [9.17, 15) is 5.26 Å². The molecular formula is C22H21N3O2. The number of nitrogens with zero attached hydrogens (tertiary/aromatic N) is 3. The van der Waals surface area contributed by atoms with E-state index < -0.39 is 0 Å². The predicted molar refractivity (Wildman–Crippen MR) is 107 cm³/mol. The molecule has 0 spiro atoms. The lowest BCUT2D eigenvalue weighted by Crippen LogP contribution is -2.16. The molecule has 0 saturated carbocycles. The number of hydrogen-bond acceptors (Lipinski definition) is 5. The summed E-state index contributed by atoms with van der Waals surface area (Å²) in [5.41, 5.74) is 3.95. The summed E-state index contributed by atoms with van der Waals surface area (Å²) in [5.74, 6) is 0.368. The Hall–Kier alpha value is -3.23. The number of benzene rings is 1. The molecule has 27 heavy (non-hydrogen) atoms. The summed E-state index contributed by atoms with van der Waals surface area (Å²) in [5, 5.41) is 9.57. The van der Waals surface area contributed by atoms with Crippen LogP contribution in [0.3, 0.4) is 0 Å². The van der Waals surface area contributed by atoms with Crippen molar-refractivity contribution in [3.8, 4) is 6.07 Å². The van der Waals surface area contributed by atoms with Gasteiger partial charge in [0.15, 0.2) is 0 Å². The number of para-hydroxylation sites is 1. The van der Waals surface area contributed by atoms with Gasteiger partial charge >= 0.3 is 0 Å². The van der Waals surface area contributed by atoms with Crippen molar-refractivity contribution in [1.82, 2.24) is 0 Å². The van der Waals surface area contributed by atoms with Gasteiger partial charge in [0.1, 0.15) is 12.2 Å². The molecule has 136 valence electrons. The lowest BCUT2D eigenvalue weighted by atomic mass is 9.94. The van der Waals surface area contributed by atoms with Crippen molar-refractivity contribution < 1.29 is 9.47 Å². The topological polar surface area (TPSA) is 67.0 Å². The molecule has 0 radical (unpaired) electrons. The first-order valence-electron chi connectivity index (χ1n) is 8.77. The highest BCUT2D eigenvalue weighted by molar-refractivity contribution is 5.88. The van der Waals surface area contributed by atoms with E-state index in [1.807, 2.05) is 30.3 Å². The van der Waals surface area contributed by atoms with Gasteiger partial charge in [-0.25, -0.2) is 4.99 Å². The molecule has 0 N–H and O–H groups in total. The molecule has 1 unspecified atom stereocenters. The Bertz CT molecular complexity index is 894. The number of nitriles is 1. The van der Waals surface area contributed by atoms with Crippen LogP contribution >= 0.6 is 0 Å². The molecule has 1 aromatic carbocycles. The smallest absolute Gasteiger partial charge is 0.212 e. The summed E-state index contributed by atoms with van der Waals surface area (Å²) in [4.78, 5) is 8.71. The van der Waals surface area contributed by atoms with E-state index in [0.717, 1.165) is 23.2 Å². The first-order chi connectivity index (χ1) is 13.2. The van der Waals surface area contributed by atoms with Crippen molar-refractivity contribution in [3.05, 3.63) is 78.1 Å². The van der Waals surface area contributed by atoms with Crippen LogP contribution in [0.4, 0.5) is 5.69 Å². The molecule has 1 aromatic rings. The van der Waals surface area contributed by atoms with Crippen LogP contribution < -0.4 is 0 Å². The predicted octanol–water partition coefficient (Wildman–Crippen LogP) is 4.23. The molecule has 0 aromatic heterocycles. The van der Waals surface area contributed by atoms with Crippen LogP contribution in [0.5, 0.6) is 0 Å². The third-order valence-corrected chi connectivity index (χ3v) is 4.37. The molecule has 0 amide bonds. The van der Waals surface area contributed by atoms with E-state index in [2.05, 4.69) is 29.2 Å². The minimum absolute atomic E-state index is 0.0267. The fraction of sp³-hybridized carbons (Fsp3) is 0.227. The van der Waals surface area contributed by atoms with E-state index in [1.165, 1.54) is 12.3 Å². The molecule has 0 aliphatic carbocycles. The largest absolute Gasteiger partial charge is 0.472 e. The Kier molecular flexibility index (Phi) is 6.14. The van der Waals surface area contributed by atoms with Crippen molar-refractivity contribution in [1.29, 1.82) is 5.26 Å². The highest BCUT2D eigenvalue weighted by Crippen LogP contribution is 2.28. The highest BCUT2D eigenvalue weighted by atomic mass is 16.5. The number of aliphatic imine (C=N–C) groups is 2. The van der Waals surface area contributed by atoms with E-state index >= 15 is 0 Å². The number of fused-ring (bicyclic) bond motifs is 1. The number of ether oxygens (including phenoxy) is 2. The highest BCUT2D eigenvalue weighted by Gasteiger charge is 2.18. The molecule has 5 heteroatoms. The van der Waals surface area contributed by atoms with Crippen molar-refractivity contribution in [3.63, 3.8) is 0 Å². The van der Waals surface area contributed by atoms with Crippen molar-refractivity contribution in [2.24, 2.45) is 9.98 Å². The summed E-state index contributed by atoms with van der Waals surface area (Å²) in [6.45, 7) is 9.04.